The molecule has 84 valence electrons. The lowest BCUT2D eigenvalue weighted by atomic mass is 10.2. The fraction of sp³-hybridized carbons (Fsp3) is 0.900. The molecule has 2 atom stereocenters. The topological polar surface area (TPSA) is 38.3 Å². The molecule has 0 aliphatic carbocycles. The quantitative estimate of drug-likeness (QED) is 0.661. The molecule has 4 heteroatoms. The number of ether oxygens (including phenoxy) is 1. The molecule has 0 heterocycles. The Morgan fingerprint density at radius 3 is 2.57 bits per heavy atom. The van der Waals surface area contributed by atoms with Crippen LogP contribution in [0.1, 0.15) is 26.7 Å². The van der Waals surface area contributed by atoms with Gasteiger partial charge >= 0.3 is 5.97 Å². The molecule has 0 aliphatic rings. The summed E-state index contributed by atoms with van der Waals surface area (Å²) in [4.78, 5) is 11.0. The van der Waals surface area contributed by atoms with Gasteiger partial charge in [0.15, 0.2) is 0 Å². The Labute approximate surface area is 91.0 Å². The molecule has 0 rings (SSSR count). The van der Waals surface area contributed by atoms with E-state index < -0.39 is 0 Å². The van der Waals surface area contributed by atoms with Crippen molar-refractivity contribution in [3.63, 3.8) is 0 Å². The lowest BCUT2D eigenvalue weighted by molar-refractivity contribution is -0.141. The minimum atomic E-state index is -0.151. The van der Waals surface area contributed by atoms with Crippen molar-refractivity contribution in [2.45, 2.75) is 38.8 Å². The summed E-state index contributed by atoms with van der Waals surface area (Å²) in [5.74, 6) is 1.00. The molecule has 0 saturated heterocycles. The minimum absolute atomic E-state index is 0.151. The monoisotopic (exact) mass is 219 g/mol. The Bertz CT molecular complexity index is 164. The maximum atomic E-state index is 11.0. The van der Waals surface area contributed by atoms with E-state index in [4.69, 9.17) is 0 Å². The standard InChI is InChI=1S/C10H21NO2S/c1-8(5-6-14-4)11-9(2)7-10(12)13-3/h8-9,11H,5-7H2,1-4H3. The van der Waals surface area contributed by atoms with Crippen LogP contribution in [0.25, 0.3) is 0 Å². The van der Waals surface area contributed by atoms with E-state index >= 15 is 0 Å². The Kier molecular flexibility index (Phi) is 7.99. The first kappa shape index (κ1) is 13.8. The molecule has 0 aromatic heterocycles. The van der Waals surface area contributed by atoms with Crippen molar-refractivity contribution >= 4 is 17.7 Å². The lowest BCUT2D eigenvalue weighted by Crippen LogP contribution is -2.36. The second-order valence-corrected chi connectivity index (χ2v) is 4.52. The second-order valence-electron chi connectivity index (χ2n) is 3.53. The van der Waals surface area contributed by atoms with Gasteiger partial charge in [-0.25, -0.2) is 0 Å². The summed E-state index contributed by atoms with van der Waals surface area (Å²) in [5, 5.41) is 3.37. The molecule has 0 aromatic rings. The van der Waals surface area contributed by atoms with E-state index in [1.807, 2.05) is 18.7 Å². The molecular weight excluding hydrogens is 198 g/mol. The molecule has 0 aromatic carbocycles. The van der Waals surface area contributed by atoms with Crippen LogP contribution in [0.15, 0.2) is 0 Å². The fourth-order valence-corrected chi connectivity index (χ4v) is 1.85. The largest absolute Gasteiger partial charge is 0.469 e. The summed E-state index contributed by atoms with van der Waals surface area (Å²) in [7, 11) is 1.42. The van der Waals surface area contributed by atoms with Gasteiger partial charge in [-0.1, -0.05) is 0 Å². The normalized spacial score (nSPS) is 14.9. The highest BCUT2D eigenvalue weighted by Crippen LogP contribution is 2.02. The number of methoxy groups -OCH3 is 1. The number of thioether (sulfide) groups is 1. The summed E-state index contributed by atoms with van der Waals surface area (Å²) >= 11 is 1.84. The molecule has 1 N–H and O–H groups in total. The third kappa shape index (κ3) is 7.21. The molecule has 2 unspecified atom stereocenters. The highest BCUT2D eigenvalue weighted by Gasteiger charge is 2.11. The van der Waals surface area contributed by atoms with Gasteiger partial charge < -0.3 is 10.1 Å². The van der Waals surface area contributed by atoms with Gasteiger partial charge in [-0.3, -0.25) is 4.79 Å². The summed E-state index contributed by atoms with van der Waals surface area (Å²) in [6, 6.07) is 0.654. The molecule has 0 radical (unpaired) electrons. The molecule has 0 saturated carbocycles. The Balaban J connectivity index is 3.59. The van der Waals surface area contributed by atoms with Gasteiger partial charge in [-0.15, -0.1) is 0 Å². The van der Waals surface area contributed by atoms with Gasteiger partial charge in [0, 0.05) is 12.1 Å². The predicted molar refractivity (Wildman–Crippen MR) is 61.7 cm³/mol. The zero-order valence-electron chi connectivity index (χ0n) is 9.50. The highest BCUT2D eigenvalue weighted by molar-refractivity contribution is 7.98. The summed E-state index contributed by atoms with van der Waals surface area (Å²) in [6.45, 7) is 4.15. The van der Waals surface area contributed by atoms with Crippen molar-refractivity contribution in [1.29, 1.82) is 0 Å². The number of rotatable bonds is 7. The van der Waals surface area contributed by atoms with E-state index in [0.717, 1.165) is 12.2 Å². The molecule has 14 heavy (non-hydrogen) atoms. The first-order valence-corrected chi connectivity index (χ1v) is 6.31. The van der Waals surface area contributed by atoms with Crippen LogP contribution in [0.4, 0.5) is 0 Å². The lowest BCUT2D eigenvalue weighted by Gasteiger charge is -2.18. The summed E-state index contributed by atoms with van der Waals surface area (Å²) in [6.07, 6.45) is 3.68. The van der Waals surface area contributed by atoms with Gasteiger partial charge in [0.25, 0.3) is 0 Å². The van der Waals surface area contributed by atoms with Crippen LogP contribution < -0.4 is 5.32 Å². The average molecular weight is 219 g/mol. The number of carbonyl (C=O) groups is 1. The van der Waals surface area contributed by atoms with Gasteiger partial charge in [0.2, 0.25) is 0 Å². The average Bonchev–Trinajstić information content (AvgIpc) is 2.14. The Morgan fingerprint density at radius 1 is 1.43 bits per heavy atom. The van der Waals surface area contributed by atoms with Crippen molar-refractivity contribution in [3.05, 3.63) is 0 Å². The summed E-state index contributed by atoms with van der Waals surface area (Å²) in [5.41, 5.74) is 0. The SMILES string of the molecule is COC(=O)CC(C)NC(C)CCSC. The first-order chi connectivity index (χ1) is 6.60. The van der Waals surface area contributed by atoms with Crippen molar-refractivity contribution < 1.29 is 9.53 Å². The molecule has 0 fully saturated rings. The predicted octanol–water partition coefficient (Wildman–Crippen LogP) is 1.67. The first-order valence-electron chi connectivity index (χ1n) is 4.92. The van der Waals surface area contributed by atoms with Crippen molar-refractivity contribution in [2.24, 2.45) is 0 Å². The number of nitrogens with one attached hydrogen (secondary N) is 1. The Hall–Kier alpha value is -0.220. The minimum Gasteiger partial charge on any atom is -0.469 e. The van der Waals surface area contributed by atoms with Crippen LogP contribution >= 0.6 is 11.8 Å². The van der Waals surface area contributed by atoms with E-state index in [1.165, 1.54) is 7.11 Å². The number of carbonyl (C=O) groups excluding carboxylic acids is 1. The zero-order chi connectivity index (χ0) is 11.0. The third-order valence-corrected chi connectivity index (χ3v) is 2.67. The molecule has 0 amide bonds. The maximum Gasteiger partial charge on any atom is 0.307 e. The van der Waals surface area contributed by atoms with Gasteiger partial charge in [-0.05, 0) is 32.3 Å². The summed E-state index contributed by atoms with van der Waals surface area (Å²) < 4.78 is 4.60. The Morgan fingerprint density at radius 2 is 2.07 bits per heavy atom. The van der Waals surface area contributed by atoms with E-state index in [-0.39, 0.29) is 12.0 Å². The van der Waals surface area contributed by atoms with Crippen molar-refractivity contribution in [3.8, 4) is 0 Å². The van der Waals surface area contributed by atoms with E-state index in [0.29, 0.717) is 12.5 Å². The molecule has 0 bridgehead atoms. The van der Waals surface area contributed by atoms with Crippen LogP contribution in [-0.2, 0) is 9.53 Å². The van der Waals surface area contributed by atoms with E-state index in [9.17, 15) is 4.79 Å². The zero-order valence-corrected chi connectivity index (χ0v) is 10.3. The van der Waals surface area contributed by atoms with Gasteiger partial charge in [0.05, 0.1) is 13.5 Å². The third-order valence-electron chi connectivity index (χ3n) is 2.02. The van der Waals surface area contributed by atoms with Crippen LogP contribution in [0.3, 0.4) is 0 Å². The number of hydrogen-bond acceptors (Lipinski definition) is 4. The van der Waals surface area contributed by atoms with Crippen LogP contribution in [-0.4, -0.2) is 37.2 Å². The second kappa shape index (κ2) is 8.12. The van der Waals surface area contributed by atoms with Gasteiger partial charge in [-0.2, -0.15) is 11.8 Å². The van der Waals surface area contributed by atoms with Crippen LogP contribution in [0.2, 0.25) is 0 Å². The van der Waals surface area contributed by atoms with Crippen LogP contribution in [0, 0.1) is 0 Å². The van der Waals surface area contributed by atoms with E-state index in [1.54, 1.807) is 0 Å². The molecule has 0 spiro atoms. The highest BCUT2D eigenvalue weighted by atomic mass is 32.2. The number of esters is 1. The maximum absolute atomic E-state index is 11.0. The van der Waals surface area contributed by atoms with Gasteiger partial charge in [0.1, 0.15) is 0 Å². The fourth-order valence-electron chi connectivity index (χ4n) is 1.26. The molecular formula is C10H21NO2S. The van der Waals surface area contributed by atoms with Crippen molar-refractivity contribution in [2.75, 3.05) is 19.1 Å². The molecule has 0 aliphatic heterocycles. The molecule has 3 nitrogen and oxygen atoms in total. The van der Waals surface area contributed by atoms with E-state index in [2.05, 4.69) is 23.2 Å². The number of hydrogen-bond donors (Lipinski definition) is 1. The van der Waals surface area contributed by atoms with Crippen molar-refractivity contribution in [1.82, 2.24) is 5.32 Å². The smallest absolute Gasteiger partial charge is 0.307 e. The van der Waals surface area contributed by atoms with Crippen LogP contribution in [0.5, 0.6) is 0 Å².